The van der Waals surface area contributed by atoms with E-state index < -0.39 is 17.7 Å². The summed E-state index contributed by atoms with van der Waals surface area (Å²) in [4.78, 5) is 11.9. The average Bonchev–Trinajstić information content (AvgIpc) is 2.46. The molecule has 0 bridgehead atoms. The first-order valence-electron chi connectivity index (χ1n) is 7.13. The van der Waals surface area contributed by atoms with E-state index in [-0.39, 0.29) is 5.91 Å². The summed E-state index contributed by atoms with van der Waals surface area (Å²) in [5.41, 5.74) is 0.302. The van der Waals surface area contributed by atoms with Crippen molar-refractivity contribution >= 4 is 17.7 Å². The fourth-order valence-electron chi connectivity index (χ4n) is 2.37. The van der Waals surface area contributed by atoms with Gasteiger partial charge in [0.15, 0.2) is 0 Å². The number of halogens is 2. The monoisotopic (exact) mass is 314 g/mol. The third-order valence-corrected chi connectivity index (χ3v) is 4.91. The average molecular weight is 314 g/mol. The lowest BCUT2D eigenvalue weighted by molar-refractivity contribution is -0.119. The maximum absolute atomic E-state index is 13.6. The largest absolute Gasteiger partial charge is 0.349 e. The van der Waals surface area contributed by atoms with Crippen LogP contribution in [0.2, 0.25) is 0 Å². The van der Waals surface area contributed by atoms with Crippen LogP contribution < -0.4 is 10.6 Å². The topological polar surface area (TPSA) is 41.1 Å². The van der Waals surface area contributed by atoms with E-state index in [1.807, 2.05) is 0 Å². The molecule has 0 aliphatic carbocycles. The van der Waals surface area contributed by atoms with E-state index in [0.29, 0.717) is 16.6 Å². The molecule has 3 nitrogen and oxygen atoms in total. The number of carbonyl (C=O) groups is 1. The summed E-state index contributed by atoms with van der Waals surface area (Å²) >= 11 is 1.64. The van der Waals surface area contributed by atoms with Gasteiger partial charge in [0.1, 0.15) is 11.6 Å². The number of thioether (sulfide) groups is 1. The molecule has 2 N–H and O–H groups in total. The second-order valence-corrected chi connectivity index (χ2v) is 6.50. The second kappa shape index (κ2) is 7.75. The first-order valence-corrected chi connectivity index (χ1v) is 8.18. The van der Waals surface area contributed by atoms with Gasteiger partial charge in [-0.15, -0.1) is 11.8 Å². The molecule has 0 saturated carbocycles. The minimum absolute atomic E-state index is 0.116. The summed E-state index contributed by atoms with van der Waals surface area (Å²) in [6, 6.07) is 2.94. The van der Waals surface area contributed by atoms with E-state index in [9.17, 15) is 13.6 Å². The van der Waals surface area contributed by atoms with E-state index in [0.717, 1.165) is 32.0 Å². The van der Waals surface area contributed by atoms with Crippen LogP contribution in [0.1, 0.15) is 31.4 Å². The zero-order chi connectivity index (χ0) is 15.2. The fraction of sp³-hybridized carbons (Fsp3) is 0.533. The molecule has 116 valence electrons. The zero-order valence-corrected chi connectivity index (χ0v) is 12.8. The number of amides is 1. The Morgan fingerprint density at radius 2 is 2.14 bits per heavy atom. The van der Waals surface area contributed by atoms with Crippen molar-refractivity contribution in [3.63, 3.8) is 0 Å². The lowest BCUT2D eigenvalue weighted by atomic mass is 10.1. The SMILES string of the molecule is CC(NC(=O)CSC1CCNCC1)c1ccc(F)cc1F. The third-order valence-electron chi connectivity index (χ3n) is 3.54. The fourth-order valence-corrected chi connectivity index (χ4v) is 3.41. The molecule has 0 radical (unpaired) electrons. The number of benzene rings is 1. The van der Waals surface area contributed by atoms with Crippen molar-refractivity contribution < 1.29 is 13.6 Å². The van der Waals surface area contributed by atoms with E-state index in [1.54, 1.807) is 18.7 Å². The summed E-state index contributed by atoms with van der Waals surface area (Å²) in [6.45, 7) is 3.69. The van der Waals surface area contributed by atoms with Gasteiger partial charge < -0.3 is 10.6 Å². The van der Waals surface area contributed by atoms with Gasteiger partial charge in [-0.2, -0.15) is 0 Å². The van der Waals surface area contributed by atoms with Gasteiger partial charge >= 0.3 is 0 Å². The van der Waals surface area contributed by atoms with Crippen LogP contribution in [-0.4, -0.2) is 30.0 Å². The molecular weight excluding hydrogens is 294 g/mol. The molecule has 1 unspecified atom stereocenters. The number of hydrogen-bond acceptors (Lipinski definition) is 3. The highest BCUT2D eigenvalue weighted by molar-refractivity contribution is 8.00. The standard InChI is InChI=1S/C15H20F2N2OS/c1-10(13-3-2-11(16)8-14(13)17)19-15(20)9-21-12-4-6-18-7-5-12/h2-3,8,10,12,18H,4-7,9H2,1H3,(H,19,20). The van der Waals surface area contributed by atoms with E-state index in [2.05, 4.69) is 10.6 Å². The van der Waals surface area contributed by atoms with Gasteiger partial charge in [0.2, 0.25) is 5.91 Å². The van der Waals surface area contributed by atoms with E-state index in [4.69, 9.17) is 0 Å². The minimum atomic E-state index is -0.631. The third kappa shape index (κ3) is 4.97. The van der Waals surface area contributed by atoms with Crippen LogP contribution in [0.3, 0.4) is 0 Å². The van der Waals surface area contributed by atoms with Gasteiger partial charge in [0, 0.05) is 16.9 Å². The Bertz CT molecular complexity index is 493. The first-order chi connectivity index (χ1) is 10.1. The Morgan fingerprint density at radius 1 is 1.43 bits per heavy atom. The Kier molecular flexibility index (Phi) is 5.99. The number of hydrogen-bond donors (Lipinski definition) is 2. The van der Waals surface area contributed by atoms with Crippen LogP contribution in [0.15, 0.2) is 18.2 Å². The van der Waals surface area contributed by atoms with Crippen molar-refractivity contribution in [3.05, 3.63) is 35.4 Å². The predicted octanol–water partition coefficient (Wildman–Crippen LogP) is 2.63. The maximum Gasteiger partial charge on any atom is 0.230 e. The molecule has 1 fully saturated rings. The summed E-state index contributed by atoms with van der Waals surface area (Å²) in [7, 11) is 0. The Labute approximate surface area is 127 Å². The summed E-state index contributed by atoms with van der Waals surface area (Å²) in [5, 5.41) is 6.55. The molecule has 1 aromatic carbocycles. The summed E-state index contributed by atoms with van der Waals surface area (Å²) in [5.74, 6) is -0.988. The van der Waals surface area contributed by atoms with Gasteiger partial charge in [0.25, 0.3) is 0 Å². The van der Waals surface area contributed by atoms with Crippen LogP contribution in [0, 0.1) is 11.6 Å². The number of rotatable bonds is 5. The van der Waals surface area contributed by atoms with Crippen molar-refractivity contribution in [1.29, 1.82) is 0 Å². The molecule has 1 aliphatic rings. The quantitative estimate of drug-likeness (QED) is 0.878. The van der Waals surface area contributed by atoms with E-state index in [1.165, 1.54) is 12.1 Å². The summed E-state index contributed by atoms with van der Waals surface area (Å²) < 4.78 is 26.5. The van der Waals surface area contributed by atoms with Gasteiger partial charge in [-0.25, -0.2) is 8.78 Å². The molecule has 6 heteroatoms. The molecule has 1 amide bonds. The van der Waals surface area contributed by atoms with Crippen LogP contribution in [-0.2, 0) is 4.79 Å². The normalized spacial score (nSPS) is 17.5. The minimum Gasteiger partial charge on any atom is -0.349 e. The zero-order valence-electron chi connectivity index (χ0n) is 12.0. The summed E-state index contributed by atoms with van der Waals surface area (Å²) in [6.07, 6.45) is 2.14. The van der Waals surface area contributed by atoms with Crippen molar-refractivity contribution in [2.24, 2.45) is 0 Å². The first kappa shape index (κ1) is 16.2. The van der Waals surface area contributed by atoms with E-state index >= 15 is 0 Å². The Balaban J connectivity index is 1.81. The molecule has 1 aromatic rings. The molecule has 2 rings (SSSR count). The Hall–Kier alpha value is -1.14. The lowest BCUT2D eigenvalue weighted by Gasteiger charge is -2.22. The molecule has 1 heterocycles. The van der Waals surface area contributed by atoms with Crippen LogP contribution >= 0.6 is 11.8 Å². The van der Waals surface area contributed by atoms with Crippen LogP contribution in [0.25, 0.3) is 0 Å². The molecule has 0 aromatic heterocycles. The number of piperidine rings is 1. The molecule has 1 aliphatic heterocycles. The Morgan fingerprint density at radius 3 is 2.81 bits per heavy atom. The van der Waals surface area contributed by atoms with Crippen molar-refractivity contribution in [1.82, 2.24) is 10.6 Å². The highest BCUT2D eigenvalue weighted by atomic mass is 32.2. The number of carbonyl (C=O) groups excluding carboxylic acids is 1. The van der Waals surface area contributed by atoms with Crippen molar-refractivity contribution in [2.75, 3.05) is 18.8 Å². The smallest absolute Gasteiger partial charge is 0.230 e. The van der Waals surface area contributed by atoms with Gasteiger partial charge in [-0.3, -0.25) is 4.79 Å². The highest BCUT2D eigenvalue weighted by Gasteiger charge is 2.17. The highest BCUT2D eigenvalue weighted by Crippen LogP contribution is 2.21. The van der Waals surface area contributed by atoms with Crippen molar-refractivity contribution in [3.8, 4) is 0 Å². The molecule has 21 heavy (non-hydrogen) atoms. The number of nitrogens with one attached hydrogen (secondary N) is 2. The van der Waals surface area contributed by atoms with Crippen LogP contribution in [0.5, 0.6) is 0 Å². The molecular formula is C15H20F2N2OS. The van der Waals surface area contributed by atoms with Gasteiger partial charge in [-0.05, 0) is 38.9 Å². The predicted molar refractivity (Wildman–Crippen MR) is 81.3 cm³/mol. The van der Waals surface area contributed by atoms with Crippen LogP contribution in [0.4, 0.5) is 8.78 Å². The second-order valence-electron chi connectivity index (χ2n) is 5.22. The van der Waals surface area contributed by atoms with Crippen molar-refractivity contribution in [2.45, 2.75) is 31.1 Å². The lowest BCUT2D eigenvalue weighted by Crippen LogP contribution is -2.32. The van der Waals surface area contributed by atoms with Gasteiger partial charge in [0.05, 0.1) is 11.8 Å². The molecule has 0 spiro atoms. The van der Waals surface area contributed by atoms with Gasteiger partial charge in [-0.1, -0.05) is 6.07 Å². The maximum atomic E-state index is 13.6. The molecule has 1 atom stereocenters. The molecule has 1 saturated heterocycles.